The maximum absolute atomic E-state index is 12.1. The van der Waals surface area contributed by atoms with Crippen LogP contribution in [-0.4, -0.2) is 22.4 Å². The van der Waals surface area contributed by atoms with Crippen molar-refractivity contribution in [2.45, 2.75) is 37.8 Å². The van der Waals surface area contributed by atoms with E-state index in [4.69, 9.17) is 0 Å². The molecule has 1 spiro atoms. The Kier molecular flexibility index (Phi) is 3.24. The molecule has 19 heavy (non-hydrogen) atoms. The molecule has 1 saturated heterocycles. The molecular weight excluding hydrogens is 355 g/mol. The molecule has 1 aromatic carbocycles. The minimum Gasteiger partial charge on any atom is -0.305 e. The van der Waals surface area contributed by atoms with Crippen LogP contribution in [0.1, 0.15) is 31.2 Å². The van der Waals surface area contributed by atoms with Gasteiger partial charge in [-0.2, -0.15) is 0 Å². The third-order valence-corrected chi connectivity index (χ3v) is 4.81. The van der Waals surface area contributed by atoms with Crippen molar-refractivity contribution in [1.29, 1.82) is 0 Å². The number of carbonyl (C=O) groups excluding carboxylic acids is 2. The van der Waals surface area contributed by atoms with Gasteiger partial charge < -0.3 is 4.90 Å². The van der Waals surface area contributed by atoms with Crippen molar-refractivity contribution in [3.63, 3.8) is 0 Å². The highest BCUT2D eigenvalue weighted by molar-refractivity contribution is 14.1. The smallest absolute Gasteiger partial charge is 0.305 e. The standard InChI is InChI=1S/C14H15IN2O2/c15-11-5-3-10(4-6-11)9-17-13(19)16-12(18)14(17)7-1-2-8-14/h3-6H,1-2,7-9H2,(H,16,18,19). The molecule has 3 rings (SSSR count). The number of nitrogens with zero attached hydrogens (tertiary/aromatic N) is 1. The maximum atomic E-state index is 12.1. The first-order valence-corrected chi connectivity index (χ1v) is 7.57. The van der Waals surface area contributed by atoms with Crippen LogP contribution in [0, 0.1) is 3.57 Å². The molecule has 1 aliphatic heterocycles. The summed E-state index contributed by atoms with van der Waals surface area (Å²) in [6, 6.07) is 7.83. The number of amides is 3. The summed E-state index contributed by atoms with van der Waals surface area (Å²) in [6.45, 7) is 0.508. The van der Waals surface area contributed by atoms with Gasteiger partial charge in [-0.1, -0.05) is 25.0 Å². The highest BCUT2D eigenvalue weighted by atomic mass is 127. The Hall–Kier alpha value is -1.11. The van der Waals surface area contributed by atoms with E-state index in [1.165, 1.54) is 3.57 Å². The zero-order valence-electron chi connectivity index (χ0n) is 10.5. The van der Waals surface area contributed by atoms with Gasteiger partial charge >= 0.3 is 6.03 Å². The Morgan fingerprint density at radius 3 is 2.42 bits per heavy atom. The van der Waals surface area contributed by atoms with Gasteiger partial charge in [0, 0.05) is 10.1 Å². The summed E-state index contributed by atoms with van der Waals surface area (Å²) >= 11 is 2.25. The molecule has 0 radical (unpaired) electrons. The maximum Gasteiger partial charge on any atom is 0.325 e. The molecule has 5 heteroatoms. The van der Waals surface area contributed by atoms with E-state index in [0.29, 0.717) is 6.54 Å². The van der Waals surface area contributed by atoms with Crippen molar-refractivity contribution in [2.24, 2.45) is 0 Å². The monoisotopic (exact) mass is 370 g/mol. The summed E-state index contributed by atoms with van der Waals surface area (Å²) in [6.07, 6.45) is 3.61. The number of rotatable bonds is 2. The first kappa shape index (κ1) is 12.9. The summed E-state index contributed by atoms with van der Waals surface area (Å²) in [4.78, 5) is 25.8. The predicted octanol–water partition coefficient (Wildman–Crippen LogP) is 2.66. The number of nitrogens with one attached hydrogen (secondary N) is 1. The summed E-state index contributed by atoms with van der Waals surface area (Å²) < 4.78 is 1.17. The molecule has 0 bridgehead atoms. The summed E-state index contributed by atoms with van der Waals surface area (Å²) in [5, 5.41) is 2.48. The summed E-state index contributed by atoms with van der Waals surface area (Å²) in [7, 11) is 0. The van der Waals surface area contributed by atoms with Crippen LogP contribution in [0.15, 0.2) is 24.3 Å². The number of hydrogen-bond donors (Lipinski definition) is 1. The van der Waals surface area contributed by atoms with E-state index in [-0.39, 0.29) is 11.9 Å². The molecule has 2 aliphatic rings. The van der Waals surface area contributed by atoms with E-state index in [2.05, 4.69) is 27.9 Å². The Balaban J connectivity index is 1.87. The summed E-state index contributed by atoms with van der Waals surface area (Å²) in [5.41, 5.74) is 0.483. The second-order valence-electron chi connectivity index (χ2n) is 5.21. The number of halogens is 1. The molecule has 1 saturated carbocycles. The first-order chi connectivity index (χ1) is 9.12. The highest BCUT2D eigenvalue weighted by Crippen LogP contribution is 2.39. The van der Waals surface area contributed by atoms with Crippen LogP contribution < -0.4 is 5.32 Å². The lowest BCUT2D eigenvalue weighted by Crippen LogP contribution is -2.46. The SMILES string of the molecule is O=C1NC(=O)C2(CCCC2)N1Cc1ccc(I)cc1. The van der Waals surface area contributed by atoms with Crippen LogP contribution in [-0.2, 0) is 11.3 Å². The van der Waals surface area contributed by atoms with Crippen molar-refractivity contribution in [2.75, 3.05) is 0 Å². The Morgan fingerprint density at radius 1 is 1.16 bits per heavy atom. The van der Waals surface area contributed by atoms with Crippen molar-refractivity contribution in [1.82, 2.24) is 10.2 Å². The fraction of sp³-hybridized carbons (Fsp3) is 0.429. The fourth-order valence-corrected chi connectivity index (χ4v) is 3.41. The molecular formula is C14H15IN2O2. The van der Waals surface area contributed by atoms with E-state index in [1.807, 2.05) is 24.3 Å². The van der Waals surface area contributed by atoms with Crippen molar-refractivity contribution in [3.8, 4) is 0 Å². The largest absolute Gasteiger partial charge is 0.325 e. The topological polar surface area (TPSA) is 49.4 Å². The van der Waals surface area contributed by atoms with Gasteiger partial charge in [-0.3, -0.25) is 10.1 Å². The van der Waals surface area contributed by atoms with Crippen LogP contribution >= 0.6 is 22.6 Å². The van der Waals surface area contributed by atoms with E-state index in [9.17, 15) is 9.59 Å². The van der Waals surface area contributed by atoms with Crippen molar-refractivity contribution < 1.29 is 9.59 Å². The predicted molar refractivity (Wildman–Crippen MR) is 79.4 cm³/mol. The summed E-state index contributed by atoms with van der Waals surface area (Å²) in [5.74, 6) is -0.111. The lowest BCUT2D eigenvalue weighted by molar-refractivity contribution is -0.126. The number of benzene rings is 1. The van der Waals surface area contributed by atoms with Gasteiger partial charge in [-0.05, 0) is 53.1 Å². The highest BCUT2D eigenvalue weighted by Gasteiger charge is 2.53. The molecule has 4 nitrogen and oxygen atoms in total. The molecule has 2 fully saturated rings. The zero-order valence-corrected chi connectivity index (χ0v) is 12.6. The average Bonchev–Trinajstić information content (AvgIpc) is 2.95. The molecule has 1 aromatic rings. The minimum absolute atomic E-state index is 0.111. The van der Waals surface area contributed by atoms with E-state index >= 15 is 0 Å². The van der Waals surface area contributed by atoms with Crippen LogP contribution in [0.4, 0.5) is 4.79 Å². The van der Waals surface area contributed by atoms with Gasteiger partial charge in [-0.15, -0.1) is 0 Å². The normalized spacial score (nSPS) is 21.2. The van der Waals surface area contributed by atoms with Crippen LogP contribution in [0.25, 0.3) is 0 Å². The van der Waals surface area contributed by atoms with Crippen LogP contribution in [0.2, 0.25) is 0 Å². The fourth-order valence-electron chi connectivity index (χ4n) is 3.05. The van der Waals surface area contributed by atoms with Crippen molar-refractivity contribution >= 4 is 34.5 Å². The zero-order chi connectivity index (χ0) is 13.5. The average molecular weight is 370 g/mol. The Morgan fingerprint density at radius 2 is 1.79 bits per heavy atom. The van der Waals surface area contributed by atoms with Crippen molar-refractivity contribution in [3.05, 3.63) is 33.4 Å². The molecule has 1 heterocycles. The lowest BCUT2D eigenvalue weighted by Gasteiger charge is -2.31. The van der Waals surface area contributed by atoms with Gasteiger partial charge in [0.05, 0.1) is 0 Å². The molecule has 1 N–H and O–H groups in total. The van der Waals surface area contributed by atoms with Crippen LogP contribution in [0.5, 0.6) is 0 Å². The van der Waals surface area contributed by atoms with E-state index in [1.54, 1.807) is 4.90 Å². The number of imide groups is 1. The number of carbonyl (C=O) groups is 2. The quantitative estimate of drug-likeness (QED) is 0.643. The number of urea groups is 1. The lowest BCUT2D eigenvalue weighted by atomic mass is 9.95. The molecule has 0 atom stereocenters. The molecule has 100 valence electrons. The van der Waals surface area contributed by atoms with E-state index < -0.39 is 5.54 Å². The molecule has 1 aliphatic carbocycles. The van der Waals surface area contributed by atoms with Gasteiger partial charge in [0.15, 0.2) is 0 Å². The van der Waals surface area contributed by atoms with Crippen LogP contribution in [0.3, 0.4) is 0 Å². The molecule has 3 amide bonds. The van der Waals surface area contributed by atoms with Gasteiger partial charge in [0.25, 0.3) is 5.91 Å². The third-order valence-electron chi connectivity index (χ3n) is 4.09. The van der Waals surface area contributed by atoms with Gasteiger partial charge in [-0.25, -0.2) is 4.79 Å². The van der Waals surface area contributed by atoms with E-state index in [0.717, 1.165) is 31.2 Å². The molecule has 0 aromatic heterocycles. The third kappa shape index (κ3) is 2.13. The second kappa shape index (κ2) is 4.77. The first-order valence-electron chi connectivity index (χ1n) is 6.49. The van der Waals surface area contributed by atoms with Gasteiger partial charge in [0.2, 0.25) is 0 Å². The second-order valence-corrected chi connectivity index (χ2v) is 6.46. The Labute approximate surface area is 125 Å². The Bertz CT molecular complexity index is 521. The van der Waals surface area contributed by atoms with Gasteiger partial charge in [0.1, 0.15) is 5.54 Å². The minimum atomic E-state index is -0.583. The number of hydrogen-bond acceptors (Lipinski definition) is 2. The molecule has 0 unspecified atom stereocenters.